The fourth-order valence-corrected chi connectivity index (χ4v) is 3.09. The maximum Gasteiger partial charge on any atom is 0.147 e. The number of hydrogen-bond donors (Lipinski definition) is 0. The van der Waals surface area contributed by atoms with E-state index in [1.54, 1.807) is 12.4 Å². The molecule has 0 radical (unpaired) electrons. The Kier molecular flexibility index (Phi) is 3.94. The molecule has 5 heteroatoms. The molecule has 0 saturated carbocycles. The fraction of sp³-hybridized carbons (Fsp3) is 0.714. The average Bonchev–Trinajstić information content (AvgIpc) is 2.48. The first-order valence-electron chi connectivity index (χ1n) is 7.19. The minimum atomic E-state index is 0.381. The Bertz CT molecular complexity index is 392. The van der Waals surface area contributed by atoms with Crippen LogP contribution in [0, 0.1) is 0 Å². The van der Waals surface area contributed by atoms with Gasteiger partial charge >= 0.3 is 0 Å². The summed E-state index contributed by atoms with van der Waals surface area (Å²) in [5.74, 6) is 1.01. The highest BCUT2D eigenvalue weighted by molar-refractivity contribution is 5.35. The molecule has 5 nitrogen and oxygen atoms in total. The quantitative estimate of drug-likeness (QED) is 0.800. The molecule has 0 amide bonds. The van der Waals surface area contributed by atoms with E-state index in [4.69, 9.17) is 4.74 Å². The van der Waals surface area contributed by atoms with E-state index < -0.39 is 0 Å². The summed E-state index contributed by atoms with van der Waals surface area (Å²) in [7, 11) is 0. The zero-order valence-electron chi connectivity index (χ0n) is 11.5. The summed E-state index contributed by atoms with van der Waals surface area (Å²) in [5.41, 5.74) is 0. The molecule has 3 rings (SSSR count). The van der Waals surface area contributed by atoms with Crippen LogP contribution in [-0.2, 0) is 4.74 Å². The van der Waals surface area contributed by atoms with Gasteiger partial charge in [-0.3, -0.25) is 9.88 Å². The van der Waals surface area contributed by atoms with Gasteiger partial charge in [-0.2, -0.15) is 0 Å². The van der Waals surface area contributed by atoms with Crippen LogP contribution in [0.25, 0.3) is 0 Å². The molecule has 0 aromatic carbocycles. The van der Waals surface area contributed by atoms with Crippen molar-refractivity contribution in [3.05, 3.63) is 18.6 Å². The van der Waals surface area contributed by atoms with Gasteiger partial charge in [0.1, 0.15) is 5.82 Å². The molecule has 2 saturated heterocycles. The number of hydrogen-bond acceptors (Lipinski definition) is 5. The van der Waals surface area contributed by atoms with Crippen molar-refractivity contribution in [3.63, 3.8) is 0 Å². The second-order valence-corrected chi connectivity index (χ2v) is 5.46. The van der Waals surface area contributed by atoms with Crippen LogP contribution >= 0.6 is 0 Å². The third kappa shape index (κ3) is 3.04. The standard InChI is InChI=1S/C14H22N4O/c1-12-11-18(8-9-19-12)13-2-6-17(7-3-13)14-10-15-4-5-16-14/h4-5,10,12-13H,2-3,6-9,11H2,1H3/t12-/m0/s1. The topological polar surface area (TPSA) is 41.5 Å². The molecular weight excluding hydrogens is 240 g/mol. The summed E-state index contributed by atoms with van der Waals surface area (Å²) < 4.78 is 5.62. The first kappa shape index (κ1) is 12.8. The largest absolute Gasteiger partial charge is 0.376 e. The normalized spacial score (nSPS) is 26.6. The van der Waals surface area contributed by atoms with Crippen LogP contribution < -0.4 is 4.90 Å². The van der Waals surface area contributed by atoms with Gasteiger partial charge in [0.2, 0.25) is 0 Å². The Morgan fingerprint density at radius 2 is 2.05 bits per heavy atom. The minimum Gasteiger partial charge on any atom is -0.376 e. The third-order valence-electron chi connectivity index (χ3n) is 4.13. The van der Waals surface area contributed by atoms with Gasteiger partial charge in [-0.25, -0.2) is 4.98 Å². The monoisotopic (exact) mass is 262 g/mol. The zero-order valence-corrected chi connectivity index (χ0v) is 11.5. The predicted octanol–water partition coefficient (Wildman–Crippen LogP) is 1.17. The molecule has 104 valence electrons. The SMILES string of the molecule is C[C@H]1CN(C2CCN(c3cnccn3)CC2)CCO1. The zero-order chi connectivity index (χ0) is 13.1. The van der Waals surface area contributed by atoms with Crippen molar-refractivity contribution >= 4 is 5.82 Å². The van der Waals surface area contributed by atoms with Gasteiger partial charge in [-0.1, -0.05) is 0 Å². The Labute approximate surface area is 114 Å². The molecular formula is C14H22N4O. The van der Waals surface area contributed by atoms with Crippen LogP contribution in [0.2, 0.25) is 0 Å². The number of aromatic nitrogens is 2. The summed E-state index contributed by atoms with van der Waals surface area (Å²) >= 11 is 0. The number of rotatable bonds is 2. The molecule has 19 heavy (non-hydrogen) atoms. The van der Waals surface area contributed by atoms with E-state index >= 15 is 0 Å². The molecule has 0 spiro atoms. The molecule has 2 aliphatic rings. The van der Waals surface area contributed by atoms with E-state index in [0.717, 1.165) is 38.6 Å². The summed E-state index contributed by atoms with van der Waals surface area (Å²) in [6, 6.07) is 0.708. The van der Waals surface area contributed by atoms with Crippen LogP contribution in [-0.4, -0.2) is 59.8 Å². The van der Waals surface area contributed by atoms with E-state index in [2.05, 4.69) is 26.7 Å². The van der Waals surface area contributed by atoms with Crippen molar-refractivity contribution < 1.29 is 4.74 Å². The molecule has 0 unspecified atom stereocenters. The van der Waals surface area contributed by atoms with Crippen LogP contribution in [0.1, 0.15) is 19.8 Å². The maximum absolute atomic E-state index is 5.62. The van der Waals surface area contributed by atoms with Gasteiger partial charge in [0.15, 0.2) is 0 Å². The van der Waals surface area contributed by atoms with E-state index in [1.165, 1.54) is 12.8 Å². The first-order valence-corrected chi connectivity index (χ1v) is 7.19. The van der Waals surface area contributed by atoms with Crippen molar-refractivity contribution in [2.75, 3.05) is 37.7 Å². The van der Waals surface area contributed by atoms with E-state index in [-0.39, 0.29) is 0 Å². The number of nitrogens with zero attached hydrogens (tertiary/aromatic N) is 4. The van der Waals surface area contributed by atoms with Crippen molar-refractivity contribution in [1.82, 2.24) is 14.9 Å². The molecule has 0 N–H and O–H groups in total. The second kappa shape index (κ2) is 5.84. The van der Waals surface area contributed by atoms with Gasteiger partial charge in [-0.15, -0.1) is 0 Å². The highest BCUT2D eigenvalue weighted by atomic mass is 16.5. The van der Waals surface area contributed by atoms with E-state index in [9.17, 15) is 0 Å². The lowest BCUT2D eigenvalue weighted by molar-refractivity contribution is -0.0373. The Morgan fingerprint density at radius 3 is 2.74 bits per heavy atom. The number of morpholine rings is 1. The minimum absolute atomic E-state index is 0.381. The highest BCUT2D eigenvalue weighted by Gasteiger charge is 2.28. The Balaban J connectivity index is 1.54. The summed E-state index contributed by atoms with van der Waals surface area (Å²) in [5, 5.41) is 0. The second-order valence-electron chi connectivity index (χ2n) is 5.46. The van der Waals surface area contributed by atoms with E-state index in [1.807, 2.05) is 6.20 Å². The summed E-state index contributed by atoms with van der Waals surface area (Å²) in [6.07, 6.45) is 8.16. The van der Waals surface area contributed by atoms with Crippen molar-refractivity contribution in [2.45, 2.75) is 31.9 Å². The Morgan fingerprint density at radius 1 is 1.21 bits per heavy atom. The number of ether oxygens (including phenoxy) is 1. The molecule has 0 bridgehead atoms. The van der Waals surface area contributed by atoms with Gasteiger partial charge in [0, 0.05) is 44.6 Å². The fourth-order valence-electron chi connectivity index (χ4n) is 3.09. The average molecular weight is 262 g/mol. The first-order chi connectivity index (χ1) is 9.33. The van der Waals surface area contributed by atoms with Crippen LogP contribution in [0.15, 0.2) is 18.6 Å². The van der Waals surface area contributed by atoms with Gasteiger partial charge in [-0.05, 0) is 19.8 Å². The lowest BCUT2D eigenvalue weighted by Gasteiger charge is -2.41. The molecule has 1 aromatic rings. The molecule has 0 aliphatic carbocycles. The Hall–Kier alpha value is -1.20. The lowest BCUT2D eigenvalue weighted by atomic mass is 10.0. The van der Waals surface area contributed by atoms with Crippen molar-refractivity contribution in [1.29, 1.82) is 0 Å². The van der Waals surface area contributed by atoms with Crippen LogP contribution in [0.5, 0.6) is 0 Å². The molecule has 3 heterocycles. The van der Waals surface area contributed by atoms with E-state index in [0.29, 0.717) is 12.1 Å². The molecule has 1 atom stereocenters. The van der Waals surface area contributed by atoms with Gasteiger partial charge in [0.25, 0.3) is 0 Å². The van der Waals surface area contributed by atoms with Crippen LogP contribution in [0.4, 0.5) is 5.82 Å². The number of piperidine rings is 1. The smallest absolute Gasteiger partial charge is 0.147 e. The van der Waals surface area contributed by atoms with Gasteiger partial charge in [0.05, 0.1) is 18.9 Å². The van der Waals surface area contributed by atoms with Crippen molar-refractivity contribution in [3.8, 4) is 0 Å². The summed E-state index contributed by atoms with van der Waals surface area (Å²) in [6.45, 7) is 7.37. The number of anilines is 1. The predicted molar refractivity (Wildman–Crippen MR) is 74.3 cm³/mol. The van der Waals surface area contributed by atoms with Gasteiger partial charge < -0.3 is 9.64 Å². The molecule has 1 aromatic heterocycles. The maximum atomic E-state index is 5.62. The third-order valence-corrected chi connectivity index (χ3v) is 4.13. The van der Waals surface area contributed by atoms with Crippen LogP contribution in [0.3, 0.4) is 0 Å². The summed E-state index contributed by atoms with van der Waals surface area (Å²) in [4.78, 5) is 13.5. The lowest BCUT2D eigenvalue weighted by Crippen LogP contribution is -2.51. The molecule has 2 fully saturated rings. The molecule has 2 aliphatic heterocycles. The highest BCUT2D eigenvalue weighted by Crippen LogP contribution is 2.21. The van der Waals surface area contributed by atoms with Crippen molar-refractivity contribution in [2.24, 2.45) is 0 Å².